The van der Waals surface area contributed by atoms with E-state index in [4.69, 9.17) is 10.5 Å². The molecule has 0 bridgehead atoms. The minimum atomic E-state index is -0.570. The van der Waals surface area contributed by atoms with E-state index in [1.54, 1.807) is 36.9 Å². The van der Waals surface area contributed by atoms with E-state index in [0.29, 0.717) is 17.0 Å². The van der Waals surface area contributed by atoms with Gasteiger partial charge in [0, 0.05) is 11.6 Å². The lowest BCUT2D eigenvalue weighted by molar-refractivity contribution is -0.125. The third-order valence-corrected chi connectivity index (χ3v) is 3.32. The second-order valence-electron chi connectivity index (χ2n) is 5.40. The van der Waals surface area contributed by atoms with Gasteiger partial charge in [0.05, 0.1) is 11.7 Å². The number of carbonyl (C=O) groups excluding carboxylic acids is 2. The molecule has 0 aliphatic carbocycles. The van der Waals surface area contributed by atoms with Crippen LogP contribution in [-0.4, -0.2) is 29.9 Å². The molecule has 20 heavy (non-hydrogen) atoms. The molecule has 1 amide bonds. The predicted molar refractivity (Wildman–Crippen MR) is 77.1 cm³/mol. The third kappa shape index (κ3) is 2.41. The Morgan fingerprint density at radius 3 is 2.55 bits per heavy atom. The Kier molecular flexibility index (Phi) is 3.81. The zero-order valence-corrected chi connectivity index (χ0v) is 12.2. The molecule has 0 saturated heterocycles. The summed E-state index contributed by atoms with van der Waals surface area (Å²) in [4.78, 5) is 25.9. The second kappa shape index (κ2) is 5.25. The minimum absolute atomic E-state index is 0.00625. The molecular formula is C15H20N2O3. The van der Waals surface area contributed by atoms with Crippen LogP contribution in [0.15, 0.2) is 18.2 Å². The normalized spacial score (nSPS) is 19.6. The molecule has 0 aromatic heterocycles. The number of benzene rings is 1. The SMILES string of the molecule is CC(N)C(=O)c1ccc2c(c1)N(C(C)C)C(=O)C(C)O2. The van der Waals surface area contributed by atoms with Crippen molar-refractivity contribution in [3.63, 3.8) is 0 Å². The van der Waals surface area contributed by atoms with Gasteiger partial charge in [0.1, 0.15) is 5.75 Å². The number of hydrogen-bond acceptors (Lipinski definition) is 4. The smallest absolute Gasteiger partial charge is 0.268 e. The van der Waals surface area contributed by atoms with Crippen LogP contribution in [0.3, 0.4) is 0 Å². The topological polar surface area (TPSA) is 72.6 Å². The first-order chi connectivity index (χ1) is 9.32. The summed E-state index contributed by atoms with van der Waals surface area (Å²) in [6, 6.07) is 4.52. The van der Waals surface area contributed by atoms with Crippen LogP contribution >= 0.6 is 0 Å². The van der Waals surface area contributed by atoms with Crippen LogP contribution in [0, 0.1) is 0 Å². The first kappa shape index (κ1) is 14.5. The van der Waals surface area contributed by atoms with Gasteiger partial charge in [0.15, 0.2) is 11.9 Å². The van der Waals surface area contributed by atoms with E-state index in [1.165, 1.54) is 0 Å². The highest BCUT2D eigenvalue weighted by Crippen LogP contribution is 2.36. The number of carbonyl (C=O) groups is 2. The van der Waals surface area contributed by atoms with Gasteiger partial charge < -0.3 is 15.4 Å². The molecule has 1 aromatic carbocycles. The Morgan fingerprint density at radius 2 is 2.00 bits per heavy atom. The van der Waals surface area contributed by atoms with E-state index >= 15 is 0 Å². The fourth-order valence-electron chi connectivity index (χ4n) is 2.31. The minimum Gasteiger partial charge on any atom is -0.479 e. The van der Waals surface area contributed by atoms with Gasteiger partial charge in [-0.1, -0.05) is 0 Å². The highest BCUT2D eigenvalue weighted by Gasteiger charge is 2.33. The van der Waals surface area contributed by atoms with Gasteiger partial charge in [0.2, 0.25) is 0 Å². The maximum atomic E-state index is 12.2. The summed E-state index contributed by atoms with van der Waals surface area (Å²) in [5, 5.41) is 0. The second-order valence-corrected chi connectivity index (χ2v) is 5.40. The molecule has 2 atom stereocenters. The lowest BCUT2D eigenvalue weighted by atomic mass is 10.0. The zero-order chi connectivity index (χ0) is 15.0. The van der Waals surface area contributed by atoms with Crippen molar-refractivity contribution in [1.29, 1.82) is 0 Å². The standard InChI is InChI=1S/C15H20N2O3/c1-8(2)17-12-7-11(14(18)9(3)16)5-6-13(12)20-10(4)15(17)19/h5-10H,16H2,1-4H3. The maximum Gasteiger partial charge on any atom is 0.268 e. The molecule has 5 nitrogen and oxygen atoms in total. The monoisotopic (exact) mass is 276 g/mol. The summed E-state index contributed by atoms with van der Waals surface area (Å²) < 4.78 is 5.59. The predicted octanol–water partition coefficient (Wildman–Crippen LogP) is 1.74. The van der Waals surface area contributed by atoms with E-state index in [2.05, 4.69) is 0 Å². The molecule has 0 spiro atoms. The van der Waals surface area contributed by atoms with Crippen molar-refractivity contribution < 1.29 is 14.3 Å². The van der Waals surface area contributed by atoms with Crippen LogP contribution in [0.25, 0.3) is 0 Å². The molecule has 0 radical (unpaired) electrons. The molecular weight excluding hydrogens is 256 g/mol. The number of Topliss-reactive ketones (excluding diaryl/α,β-unsaturated/α-hetero) is 1. The summed E-state index contributed by atoms with van der Waals surface area (Å²) in [7, 11) is 0. The van der Waals surface area contributed by atoms with Crippen molar-refractivity contribution in [1.82, 2.24) is 0 Å². The molecule has 1 aromatic rings. The Morgan fingerprint density at radius 1 is 1.35 bits per heavy atom. The van der Waals surface area contributed by atoms with Crippen LogP contribution in [0.1, 0.15) is 38.1 Å². The van der Waals surface area contributed by atoms with E-state index in [1.807, 2.05) is 13.8 Å². The first-order valence-electron chi connectivity index (χ1n) is 6.76. The third-order valence-electron chi connectivity index (χ3n) is 3.32. The average molecular weight is 276 g/mol. The summed E-state index contributed by atoms with van der Waals surface area (Å²) in [6.45, 7) is 7.23. The molecule has 2 N–H and O–H groups in total. The van der Waals surface area contributed by atoms with Crippen LogP contribution < -0.4 is 15.4 Å². The van der Waals surface area contributed by atoms with Gasteiger partial charge in [-0.2, -0.15) is 0 Å². The molecule has 2 unspecified atom stereocenters. The van der Waals surface area contributed by atoms with Crippen LogP contribution in [0.5, 0.6) is 5.75 Å². The molecule has 108 valence electrons. The van der Waals surface area contributed by atoms with Crippen molar-refractivity contribution in [3.8, 4) is 5.75 Å². The van der Waals surface area contributed by atoms with Crippen molar-refractivity contribution in [3.05, 3.63) is 23.8 Å². The Bertz CT molecular complexity index is 552. The quantitative estimate of drug-likeness (QED) is 0.853. The van der Waals surface area contributed by atoms with E-state index in [-0.39, 0.29) is 17.7 Å². The van der Waals surface area contributed by atoms with Crippen molar-refractivity contribution in [2.75, 3.05) is 4.90 Å². The number of nitrogens with zero attached hydrogens (tertiary/aromatic N) is 1. The summed E-state index contributed by atoms with van der Waals surface area (Å²) in [6.07, 6.45) is -0.514. The van der Waals surface area contributed by atoms with Gasteiger partial charge in [-0.05, 0) is 45.9 Å². The number of anilines is 1. The van der Waals surface area contributed by atoms with Crippen molar-refractivity contribution >= 4 is 17.4 Å². The van der Waals surface area contributed by atoms with E-state index in [0.717, 1.165) is 0 Å². The molecule has 5 heteroatoms. The highest BCUT2D eigenvalue weighted by molar-refractivity contribution is 6.04. The lowest BCUT2D eigenvalue weighted by Gasteiger charge is -2.35. The van der Waals surface area contributed by atoms with Gasteiger partial charge >= 0.3 is 0 Å². The van der Waals surface area contributed by atoms with Gasteiger partial charge in [-0.25, -0.2) is 0 Å². The number of nitrogens with two attached hydrogens (primary N) is 1. The van der Waals surface area contributed by atoms with Gasteiger partial charge in [-0.15, -0.1) is 0 Å². The number of amides is 1. The number of ketones is 1. The Hall–Kier alpha value is -1.88. The Labute approximate surface area is 118 Å². The maximum absolute atomic E-state index is 12.2. The molecule has 1 aliphatic rings. The van der Waals surface area contributed by atoms with Gasteiger partial charge in [-0.3, -0.25) is 9.59 Å². The highest BCUT2D eigenvalue weighted by atomic mass is 16.5. The van der Waals surface area contributed by atoms with Crippen LogP contribution in [-0.2, 0) is 4.79 Å². The summed E-state index contributed by atoms with van der Waals surface area (Å²) in [5.41, 5.74) is 6.76. The largest absolute Gasteiger partial charge is 0.479 e. The number of rotatable bonds is 3. The van der Waals surface area contributed by atoms with Crippen molar-refractivity contribution in [2.24, 2.45) is 5.73 Å². The fraction of sp³-hybridized carbons (Fsp3) is 0.467. The fourth-order valence-corrected chi connectivity index (χ4v) is 2.31. The first-order valence-corrected chi connectivity index (χ1v) is 6.76. The summed E-state index contributed by atoms with van der Waals surface area (Å²) in [5.74, 6) is 0.368. The van der Waals surface area contributed by atoms with Crippen molar-refractivity contribution in [2.45, 2.75) is 45.9 Å². The number of hydrogen-bond donors (Lipinski definition) is 1. The molecule has 1 heterocycles. The number of ether oxygens (including phenoxy) is 1. The summed E-state index contributed by atoms with van der Waals surface area (Å²) >= 11 is 0. The zero-order valence-electron chi connectivity index (χ0n) is 12.2. The molecule has 0 fully saturated rings. The lowest BCUT2D eigenvalue weighted by Crippen LogP contribution is -2.48. The molecule has 0 saturated carbocycles. The molecule has 1 aliphatic heterocycles. The van der Waals surface area contributed by atoms with E-state index in [9.17, 15) is 9.59 Å². The van der Waals surface area contributed by atoms with Gasteiger partial charge in [0.25, 0.3) is 5.91 Å². The van der Waals surface area contributed by atoms with Crippen LogP contribution in [0.2, 0.25) is 0 Å². The molecule has 2 rings (SSSR count). The van der Waals surface area contributed by atoms with E-state index < -0.39 is 12.1 Å². The Balaban J connectivity index is 2.51. The van der Waals surface area contributed by atoms with Crippen LogP contribution in [0.4, 0.5) is 5.69 Å². The average Bonchev–Trinajstić information content (AvgIpc) is 2.38. The number of fused-ring (bicyclic) bond motifs is 1.